The number of nitriles is 1. The second-order valence-corrected chi connectivity index (χ2v) is 6.97. The SMILES string of the molecule is N#CC1(NC(=O)COC(=O)C2=NN(c3ccccc3)C(=O)CC2)CCCCC1. The molecule has 1 aromatic carbocycles. The highest BCUT2D eigenvalue weighted by atomic mass is 16.5. The average Bonchev–Trinajstić information content (AvgIpc) is 2.73. The van der Waals surface area contributed by atoms with Crippen LogP contribution in [0.15, 0.2) is 35.4 Å². The number of esters is 1. The maximum atomic E-state index is 12.3. The molecule has 3 rings (SSSR count). The zero-order valence-corrected chi connectivity index (χ0v) is 15.5. The second kappa shape index (κ2) is 8.65. The number of anilines is 1. The van der Waals surface area contributed by atoms with Gasteiger partial charge in [-0.1, -0.05) is 37.5 Å². The Morgan fingerprint density at radius 1 is 1.18 bits per heavy atom. The van der Waals surface area contributed by atoms with Crippen LogP contribution < -0.4 is 10.3 Å². The van der Waals surface area contributed by atoms with E-state index in [2.05, 4.69) is 16.5 Å². The zero-order chi connectivity index (χ0) is 20.0. The van der Waals surface area contributed by atoms with E-state index in [0.717, 1.165) is 19.3 Å². The van der Waals surface area contributed by atoms with Crippen molar-refractivity contribution in [3.8, 4) is 6.07 Å². The van der Waals surface area contributed by atoms with Gasteiger partial charge in [0.15, 0.2) is 6.61 Å². The van der Waals surface area contributed by atoms with E-state index in [4.69, 9.17) is 4.74 Å². The average molecular weight is 382 g/mol. The summed E-state index contributed by atoms with van der Waals surface area (Å²) < 4.78 is 5.06. The Labute approximate surface area is 163 Å². The molecule has 1 aliphatic heterocycles. The highest BCUT2D eigenvalue weighted by Crippen LogP contribution is 2.27. The molecule has 0 spiro atoms. The first-order valence-electron chi connectivity index (χ1n) is 9.38. The molecule has 2 aliphatic rings. The molecule has 8 heteroatoms. The summed E-state index contributed by atoms with van der Waals surface area (Å²) in [4.78, 5) is 36.5. The molecule has 8 nitrogen and oxygen atoms in total. The first-order valence-corrected chi connectivity index (χ1v) is 9.38. The Morgan fingerprint density at radius 2 is 1.89 bits per heavy atom. The fourth-order valence-corrected chi connectivity index (χ4v) is 3.41. The first kappa shape index (κ1) is 19.5. The van der Waals surface area contributed by atoms with E-state index in [-0.39, 0.29) is 24.5 Å². The third-order valence-electron chi connectivity index (χ3n) is 4.90. The summed E-state index contributed by atoms with van der Waals surface area (Å²) >= 11 is 0. The number of nitrogens with one attached hydrogen (secondary N) is 1. The Bertz CT molecular complexity index is 822. The van der Waals surface area contributed by atoms with Crippen molar-refractivity contribution >= 4 is 29.2 Å². The summed E-state index contributed by atoms with van der Waals surface area (Å²) in [5.74, 6) is -1.46. The molecule has 0 unspecified atom stereocenters. The molecule has 0 bridgehead atoms. The van der Waals surface area contributed by atoms with Crippen LogP contribution >= 0.6 is 0 Å². The van der Waals surface area contributed by atoms with Gasteiger partial charge in [0.05, 0.1) is 11.8 Å². The van der Waals surface area contributed by atoms with Crippen LogP contribution in [0.1, 0.15) is 44.9 Å². The molecule has 1 heterocycles. The number of carbonyl (C=O) groups is 3. The molecule has 2 amide bonds. The van der Waals surface area contributed by atoms with Crippen molar-refractivity contribution in [2.24, 2.45) is 5.10 Å². The number of hydrogen-bond acceptors (Lipinski definition) is 6. The Kier molecular flexibility index (Phi) is 6.04. The number of nitrogens with zero attached hydrogens (tertiary/aromatic N) is 3. The predicted octanol–water partition coefficient (Wildman–Crippen LogP) is 2.06. The number of ether oxygens (including phenoxy) is 1. The summed E-state index contributed by atoms with van der Waals surface area (Å²) in [5.41, 5.74) is -0.229. The number of benzene rings is 1. The summed E-state index contributed by atoms with van der Waals surface area (Å²) in [7, 11) is 0. The minimum atomic E-state index is -0.874. The molecule has 0 aromatic heterocycles. The zero-order valence-electron chi connectivity index (χ0n) is 15.5. The summed E-state index contributed by atoms with van der Waals surface area (Å²) in [5, 5.41) is 17.4. The van der Waals surface area contributed by atoms with Gasteiger partial charge in [0.2, 0.25) is 5.91 Å². The van der Waals surface area contributed by atoms with Crippen molar-refractivity contribution < 1.29 is 19.1 Å². The van der Waals surface area contributed by atoms with Crippen molar-refractivity contribution in [3.05, 3.63) is 30.3 Å². The lowest BCUT2D eigenvalue weighted by atomic mass is 9.83. The van der Waals surface area contributed by atoms with Gasteiger partial charge >= 0.3 is 5.97 Å². The Hall–Kier alpha value is -3.21. The Balaban J connectivity index is 1.59. The maximum absolute atomic E-state index is 12.3. The van der Waals surface area contributed by atoms with Crippen LogP contribution in [-0.4, -0.2) is 35.6 Å². The van der Waals surface area contributed by atoms with E-state index in [1.165, 1.54) is 5.01 Å². The van der Waals surface area contributed by atoms with Crippen LogP contribution in [0.4, 0.5) is 5.69 Å². The van der Waals surface area contributed by atoms with Crippen LogP contribution in [-0.2, 0) is 19.1 Å². The number of rotatable bonds is 5. The van der Waals surface area contributed by atoms with Crippen LogP contribution in [0.5, 0.6) is 0 Å². The van der Waals surface area contributed by atoms with E-state index >= 15 is 0 Å². The molecule has 1 aromatic rings. The quantitative estimate of drug-likeness (QED) is 0.784. The van der Waals surface area contributed by atoms with Gasteiger partial charge in [-0.05, 0) is 25.0 Å². The Morgan fingerprint density at radius 3 is 2.57 bits per heavy atom. The predicted molar refractivity (Wildman–Crippen MR) is 101 cm³/mol. The number of carbonyl (C=O) groups excluding carboxylic acids is 3. The smallest absolute Gasteiger partial charge is 0.355 e. The molecule has 1 aliphatic carbocycles. The van der Waals surface area contributed by atoms with E-state index < -0.39 is 24.0 Å². The second-order valence-electron chi connectivity index (χ2n) is 6.97. The van der Waals surface area contributed by atoms with Gasteiger partial charge in [0.25, 0.3) is 5.91 Å². The van der Waals surface area contributed by atoms with Gasteiger partial charge in [-0.3, -0.25) is 9.59 Å². The molecule has 0 radical (unpaired) electrons. The monoisotopic (exact) mass is 382 g/mol. The molecule has 0 atom stereocenters. The minimum Gasteiger partial charge on any atom is -0.451 e. The number of hydrogen-bond donors (Lipinski definition) is 1. The molecule has 146 valence electrons. The van der Waals surface area contributed by atoms with Crippen LogP contribution in [0.25, 0.3) is 0 Å². The topological polar surface area (TPSA) is 112 Å². The van der Waals surface area contributed by atoms with Gasteiger partial charge in [0, 0.05) is 12.8 Å². The first-order chi connectivity index (χ1) is 13.5. The molecule has 0 saturated heterocycles. The van der Waals surface area contributed by atoms with Gasteiger partial charge < -0.3 is 10.1 Å². The lowest BCUT2D eigenvalue weighted by Gasteiger charge is -2.31. The maximum Gasteiger partial charge on any atom is 0.355 e. The third-order valence-corrected chi connectivity index (χ3v) is 4.90. The number of amides is 2. The van der Waals surface area contributed by atoms with E-state index in [9.17, 15) is 19.6 Å². The molecule has 1 fully saturated rings. The van der Waals surface area contributed by atoms with Crippen molar-refractivity contribution in [1.29, 1.82) is 5.26 Å². The van der Waals surface area contributed by atoms with Crippen molar-refractivity contribution in [2.75, 3.05) is 11.6 Å². The van der Waals surface area contributed by atoms with E-state index in [0.29, 0.717) is 18.5 Å². The summed E-state index contributed by atoms with van der Waals surface area (Å²) in [6.45, 7) is -0.486. The standard InChI is InChI=1S/C20H22N4O4/c21-14-20(11-5-2-6-12-20)22-17(25)13-28-19(27)16-9-10-18(26)24(23-16)15-7-3-1-4-8-15/h1,3-4,7-8H,2,5-6,9-13H2,(H,22,25). The van der Waals surface area contributed by atoms with Crippen molar-refractivity contribution in [3.63, 3.8) is 0 Å². The van der Waals surface area contributed by atoms with E-state index in [1.54, 1.807) is 24.3 Å². The van der Waals surface area contributed by atoms with Crippen LogP contribution in [0.3, 0.4) is 0 Å². The lowest BCUT2D eigenvalue weighted by Crippen LogP contribution is -2.50. The highest BCUT2D eigenvalue weighted by Gasteiger charge is 2.34. The highest BCUT2D eigenvalue weighted by molar-refractivity contribution is 6.38. The minimum absolute atomic E-state index is 0.0870. The summed E-state index contributed by atoms with van der Waals surface area (Å²) in [6.07, 6.45) is 4.30. The van der Waals surface area contributed by atoms with Crippen molar-refractivity contribution in [1.82, 2.24) is 5.32 Å². The molecule has 28 heavy (non-hydrogen) atoms. The number of para-hydroxylation sites is 1. The van der Waals surface area contributed by atoms with Gasteiger partial charge in [-0.2, -0.15) is 10.4 Å². The summed E-state index contributed by atoms with van der Waals surface area (Å²) in [6, 6.07) is 11.0. The molecule has 1 N–H and O–H groups in total. The number of hydrazone groups is 1. The fraction of sp³-hybridized carbons (Fsp3) is 0.450. The molecular weight excluding hydrogens is 360 g/mol. The molecule has 1 saturated carbocycles. The van der Waals surface area contributed by atoms with Crippen LogP contribution in [0, 0.1) is 11.3 Å². The van der Waals surface area contributed by atoms with Gasteiger partial charge in [-0.15, -0.1) is 0 Å². The third kappa shape index (κ3) is 4.55. The van der Waals surface area contributed by atoms with Gasteiger partial charge in [0.1, 0.15) is 11.3 Å². The van der Waals surface area contributed by atoms with E-state index in [1.807, 2.05) is 6.07 Å². The van der Waals surface area contributed by atoms with Crippen LogP contribution in [0.2, 0.25) is 0 Å². The van der Waals surface area contributed by atoms with Gasteiger partial charge in [-0.25, -0.2) is 9.80 Å². The normalized spacial score (nSPS) is 18.6. The van der Waals surface area contributed by atoms with Crippen molar-refractivity contribution in [2.45, 2.75) is 50.5 Å². The fourth-order valence-electron chi connectivity index (χ4n) is 3.41. The molecular formula is C20H22N4O4. The lowest BCUT2D eigenvalue weighted by molar-refractivity contribution is -0.143. The largest absolute Gasteiger partial charge is 0.451 e.